The quantitative estimate of drug-likeness (QED) is 0.319. The Morgan fingerprint density at radius 1 is 1.03 bits per heavy atom. The predicted molar refractivity (Wildman–Crippen MR) is 124 cm³/mol. The van der Waals surface area contributed by atoms with Gasteiger partial charge in [-0.15, -0.1) is 0 Å². The largest absolute Gasteiger partial charge is 0.410 e. The van der Waals surface area contributed by atoms with Crippen molar-refractivity contribution in [1.29, 1.82) is 0 Å². The summed E-state index contributed by atoms with van der Waals surface area (Å²) in [6.45, 7) is 0. The molecule has 5 nitrogen and oxygen atoms in total. The molecule has 1 aliphatic heterocycles. The van der Waals surface area contributed by atoms with Crippen LogP contribution in [0.2, 0.25) is 0 Å². The summed E-state index contributed by atoms with van der Waals surface area (Å²) >= 11 is 3.32. The van der Waals surface area contributed by atoms with E-state index >= 15 is 0 Å². The third-order valence-electron chi connectivity index (χ3n) is 5.75. The molecular weight excluding hydrogens is 497 g/mol. The Morgan fingerprint density at radius 2 is 1.73 bits per heavy atom. The molecule has 2 heterocycles. The van der Waals surface area contributed by atoms with Crippen LogP contribution in [0.3, 0.4) is 0 Å². The van der Waals surface area contributed by atoms with E-state index in [4.69, 9.17) is 0 Å². The topological polar surface area (TPSA) is 59.0 Å². The van der Waals surface area contributed by atoms with Crippen LogP contribution >= 0.6 is 15.9 Å². The number of carbonyl (C=O) groups is 1. The van der Waals surface area contributed by atoms with Crippen LogP contribution in [0.5, 0.6) is 0 Å². The van der Waals surface area contributed by atoms with Crippen LogP contribution in [0, 0.1) is 0 Å². The van der Waals surface area contributed by atoms with Crippen molar-refractivity contribution in [2.75, 3.05) is 10.6 Å². The van der Waals surface area contributed by atoms with Crippen molar-refractivity contribution in [2.24, 2.45) is 0 Å². The molecule has 0 fully saturated rings. The van der Waals surface area contributed by atoms with Crippen LogP contribution < -0.4 is 10.6 Å². The Labute approximate surface area is 195 Å². The molecule has 0 radical (unpaired) electrons. The van der Waals surface area contributed by atoms with Gasteiger partial charge in [0.25, 0.3) is 5.91 Å². The van der Waals surface area contributed by atoms with Gasteiger partial charge in [0.2, 0.25) is 0 Å². The van der Waals surface area contributed by atoms with Gasteiger partial charge in [-0.05, 0) is 32.9 Å². The van der Waals surface area contributed by atoms with Gasteiger partial charge in [-0.1, -0.05) is 66.7 Å². The van der Waals surface area contributed by atoms with E-state index in [0.29, 0.717) is 5.69 Å². The molecule has 0 aliphatic carbocycles. The zero-order chi connectivity index (χ0) is 23.2. The number of amides is 1. The molecule has 2 N–H and O–H groups in total. The smallest absolute Gasteiger partial charge is 0.362 e. The third kappa shape index (κ3) is 3.97. The highest BCUT2D eigenvalue weighted by molar-refractivity contribution is 9.10. The Balaban J connectivity index is 1.52. The van der Waals surface area contributed by atoms with Crippen molar-refractivity contribution in [3.05, 3.63) is 88.5 Å². The van der Waals surface area contributed by atoms with Gasteiger partial charge >= 0.3 is 6.18 Å². The molecule has 0 unspecified atom stereocenters. The minimum atomic E-state index is -4.53. The van der Waals surface area contributed by atoms with Crippen molar-refractivity contribution in [3.63, 3.8) is 0 Å². The van der Waals surface area contributed by atoms with E-state index < -0.39 is 24.2 Å². The standard InChI is InChI=1S/C24H18BrF3N4O/c25-20-21(23(33)30-17-12-6-10-14-7-4-5-11-16(14)17)31-32-19(24(26,27)28)13-18(29-22(20)32)15-8-2-1-3-9-15/h1-12,18-19,29H,13H2,(H,30,33)/t18-,19-/m0/s1. The molecule has 2 atom stereocenters. The Kier molecular flexibility index (Phi) is 5.36. The maximum Gasteiger partial charge on any atom is 0.410 e. The van der Waals surface area contributed by atoms with E-state index in [1.165, 1.54) is 0 Å². The second-order valence-electron chi connectivity index (χ2n) is 7.84. The van der Waals surface area contributed by atoms with Crippen LogP contribution in [0.1, 0.15) is 34.6 Å². The second-order valence-corrected chi connectivity index (χ2v) is 8.63. The molecule has 3 aromatic carbocycles. The molecule has 4 aromatic rings. The lowest BCUT2D eigenvalue weighted by Gasteiger charge is -2.33. The van der Waals surface area contributed by atoms with Gasteiger partial charge in [0.1, 0.15) is 5.82 Å². The number of carbonyl (C=O) groups excluding carboxylic acids is 1. The number of hydrogen-bond donors (Lipinski definition) is 2. The molecule has 168 valence electrons. The van der Waals surface area contributed by atoms with Crippen LogP contribution in [0.15, 0.2) is 77.3 Å². The van der Waals surface area contributed by atoms with Crippen molar-refractivity contribution >= 4 is 44.1 Å². The lowest BCUT2D eigenvalue weighted by Crippen LogP contribution is -2.35. The molecule has 1 amide bonds. The first kappa shape index (κ1) is 21.5. The second kappa shape index (κ2) is 8.22. The normalized spacial score (nSPS) is 17.9. The summed E-state index contributed by atoms with van der Waals surface area (Å²) in [5.41, 5.74) is 1.17. The van der Waals surface area contributed by atoms with Crippen molar-refractivity contribution in [2.45, 2.75) is 24.7 Å². The first-order chi connectivity index (χ1) is 15.8. The van der Waals surface area contributed by atoms with E-state index in [0.717, 1.165) is 21.0 Å². The highest BCUT2D eigenvalue weighted by atomic mass is 79.9. The number of anilines is 2. The monoisotopic (exact) mass is 514 g/mol. The van der Waals surface area contributed by atoms with Gasteiger partial charge in [0.05, 0.1) is 10.5 Å². The molecule has 0 saturated heterocycles. The SMILES string of the molecule is O=C(Nc1cccc2ccccc12)c1nn2c(c1Br)N[C@H](c1ccccc1)C[C@H]2C(F)(F)F. The molecule has 0 spiro atoms. The number of nitrogens with zero attached hydrogens (tertiary/aromatic N) is 2. The summed E-state index contributed by atoms with van der Waals surface area (Å²) in [4.78, 5) is 13.1. The fourth-order valence-corrected chi connectivity index (χ4v) is 4.71. The van der Waals surface area contributed by atoms with Crippen LogP contribution in [-0.4, -0.2) is 21.9 Å². The first-order valence-corrected chi connectivity index (χ1v) is 11.1. The first-order valence-electron chi connectivity index (χ1n) is 10.3. The van der Waals surface area contributed by atoms with E-state index in [1.807, 2.05) is 36.4 Å². The van der Waals surface area contributed by atoms with Gasteiger partial charge < -0.3 is 10.6 Å². The molecule has 5 rings (SSSR count). The fourth-order valence-electron chi connectivity index (χ4n) is 4.15. The van der Waals surface area contributed by atoms with E-state index in [1.54, 1.807) is 36.4 Å². The maximum absolute atomic E-state index is 14.0. The number of hydrogen-bond acceptors (Lipinski definition) is 3. The number of fused-ring (bicyclic) bond motifs is 2. The summed E-state index contributed by atoms with van der Waals surface area (Å²) in [6.07, 6.45) is -4.77. The van der Waals surface area contributed by atoms with Gasteiger partial charge in [-0.25, -0.2) is 4.68 Å². The number of rotatable bonds is 3. The van der Waals surface area contributed by atoms with Crippen molar-refractivity contribution in [3.8, 4) is 0 Å². The number of alkyl halides is 3. The minimum Gasteiger partial charge on any atom is -0.362 e. The maximum atomic E-state index is 14.0. The minimum absolute atomic E-state index is 0.117. The lowest BCUT2D eigenvalue weighted by atomic mass is 9.97. The molecule has 0 bridgehead atoms. The Bertz CT molecular complexity index is 1330. The highest BCUT2D eigenvalue weighted by Crippen LogP contribution is 2.46. The summed E-state index contributed by atoms with van der Waals surface area (Å²) in [5, 5.41) is 11.8. The number of nitrogens with one attached hydrogen (secondary N) is 2. The van der Waals surface area contributed by atoms with E-state index in [2.05, 4.69) is 31.7 Å². The van der Waals surface area contributed by atoms with Gasteiger partial charge in [-0.3, -0.25) is 4.79 Å². The lowest BCUT2D eigenvalue weighted by molar-refractivity contribution is -0.173. The summed E-state index contributed by atoms with van der Waals surface area (Å²) in [7, 11) is 0. The van der Waals surface area contributed by atoms with Crippen LogP contribution in [-0.2, 0) is 0 Å². The predicted octanol–water partition coefficient (Wildman–Crippen LogP) is 6.71. The van der Waals surface area contributed by atoms with Gasteiger partial charge in [-0.2, -0.15) is 18.3 Å². The molecule has 0 saturated carbocycles. The van der Waals surface area contributed by atoms with E-state index in [-0.39, 0.29) is 22.4 Å². The van der Waals surface area contributed by atoms with Crippen molar-refractivity contribution in [1.82, 2.24) is 9.78 Å². The molecule has 33 heavy (non-hydrogen) atoms. The van der Waals surface area contributed by atoms with Gasteiger partial charge in [0.15, 0.2) is 11.7 Å². The van der Waals surface area contributed by atoms with E-state index in [9.17, 15) is 18.0 Å². The zero-order valence-electron chi connectivity index (χ0n) is 17.1. The van der Waals surface area contributed by atoms with Gasteiger partial charge in [0, 0.05) is 17.5 Å². The summed E-state index contributed by atoms with van der Waals surface area (Å²) < 4.78 is 43.0. The zero-order valence-corrected chi connectivity index (χ0v) is 18.7. The number of benzene rings is 3. The van der Waals surface area contributed by atoms with Crippen LogP contribution in [0.25, 0.3) is 10.8 Å². The van der Waals surface area contributed by atoms with Crippen molar-refractivity contribution < 1.29 is 18.0 Å². The average Bonchev–Trinajstić information content (AvgIpc) is 3.15. The fraction of sp³-hybridized carbons (Fsp3) is 0.167. The molecular formula is C24H18BrF3N4O. The highest BCUT2D eigenvalue weighted by Gasteiger charge is 2.47. The van der Waals surface area contributed by atoms with Crippen LogP contribution in [0.4, 0.5) is 24.7 Å². The Hall–Kier alpha value is -3.33. The molecule has 1 aliphatic rings. The third-order valence-corrected chi connectivity index (χ3v) is 6.50. The molecule has 9 heteroatoms. The number of halogens is 4. The number of aromatic nitrogens is 2. The summed E-state index contributed by atoms with van der Waals surface area (Å²) in [6, 6.07) is 19.5. The summed E-state index contributed by atoms with van der Waals surface area (Å²) in [5.74, 6) is -0.473. The molecule has 1 aromatic heterocycles. The Morgan fingerprint density at radius 3 is 2.48 bits per heavy atom. The average molecular weight is 515 g/mol.